The van der Waals surface area contributed by atoms with Gasteiger partial charge in [-0.15, -0.1) is 0 Å². The minimum atomic E-state index is -0.407. The Kier molecular flexibility index (Phi) is 2.83. The van der Waals surface area contributed by atoms with Crippen LogP contribution in [-0.4, -0.2) is 26.9 Å². The molecule has 21 heavy (non-hydrogen) atoms. The fourth-order valence-electron chi connectivity index (χ4n) is 2.28. The Morgan fingerprint density at radius 3 is 2.86 bits per heavy atom. The first-order chi connectivity index (χ1) is 10.0. The number of carbonyl (C=O) groups excluding carboxylic acids is 1. The Morgan fingerprint density at radius 1 is 1.38 bits per heavy atom. The van der Waals surface area contributed by atoms with Crippen LogP contribution in [0.15, 0.2) is 35.3 Å². The normalized spacial score (nSPS) is 11.0. The molecule has 106 valence electrons. The number of nitrogens with one attached hydrogen (secondary N) is 2. The molecule has 1 amide bonds. The molecule has 0 aliphatic rings. The number of hydrogen-bond donors (Lipinski definition) is 2. The quantitative estimate of drug-likeness (QED) is 0.617. The second kappa shape index (κ2) is 4.55. The predicted octanol–water partition coefficient (Wildman–Crippen LogP) is 0.0253. The van der Waals surface area contributed by atoms with E-state index in [0.29, 0.717) is 16.7 Å². The van der Waals surface area contributed by atoms with Gasteiger partial charge in [-0.05, 0) is 18.2 Å². The third-order valence-corrected chi connectivity index (χ3v) is 3.42. The Balaban J connectivity index is 2.56. The zero-order valence-electron chi connectivity index (χ0n) is 11.5. The van der Waals surface area contributed by atoms with Crippen molar-refractivity contribution < 1.29 is 4.79 Å². The number of aryl methyl sites for hydroxylation is 1. The first-order valence-corrected chi connectivity index (χ1v) is 6.32. The van der Waals surface area contributed by atoms with Crippen molar-refractivity contribution in [3.63, 3.8) is 0 Å². The average molecular weight is 283 g/mol. The molecule has 0 saturated heterocycles. The van der Waals surface area contributed by atoms with Crippen LogP contribution in [0.2, 0.25) is 0 Å². The summed E-state index contributed by atoms with van der Waals surface area (Å²) in [7, 11) is 3.10. The topological polar surface area (TPSA) is 92.2 Å². The Bertz CT molecular complexity index is 1000. The maximum absolute atomic E-state index is 12.5. The second-order valence-electron chi connectivity index (χ2n) is 4.63. The van der Waals surface area contributed by atoms with E-state index in [4.69, 9.17) is 5.41 Å². The highest BCUT2D eigenvalue weighted by atomic mass is 16.1. The van der Waals surface area contributed by atoms with Gasteiger partial charge in [0.15, 0.2) is 0 Å². The summed E-state index contributed by atoms with van der Waals surface area (Å²) in [5.41, 5.74) is 0.759. The second-order valence-corrected chi connectivity index (χ2v) is 4.63. The van der Waals surface area contributed by atoms with E-state index in [1.807, 2.05) is 0 Å². The molecule has 0 saturated carbocycles. The van der Waals surface area contributed by atoms with Crippen molar-refractivity contribution in [2.45, 2.75) is 0 Å². The summed E-state index contributed by atoms with van der Waals surface area (Å²) in [5.74, 6) is -0.407. The molecule has 0 unspecified atom stereocenters. The van der Waals surface area contributed by atoms with E-state index in [-0.39, 0.29) is 16.6 Å². The van der Waals surface area contributed by atoms with Crippen molar-refractivity contribution in [3.8, 4) is 0 Å². The fourth-order valence-corrected chi connectivity index (χ4v) is 2.28. The van der Waals surface area contributed by atoms with Crippen LogP contribution in [0.25, 0.3) is 16.7 Å². The minimum absolute atomic E-state index is 0.00836. The maximum Gasteiger partial charge on any atom is 0.267 e. The van der Waals surface area contributed by atoms with Gasteiger partial charge in [0.05, 0.1) is 10.9 Å². The summed E-state index contributed by atoms with van der Waals surface area (Å²) in [5, 5.41) is 10.8. The van der Waals surface area contributed by atoms with E-state index < -0.39 is 5.91 Å². The van der Waals surface area contributed by atoms with E-state index in [0.717, 1.165) is 0 Å². The summed E-state index contributed by atoms with van der Waals surface area (Å²) in [4.78, 5) is 28.8. The molecule has 3 aromatic heterocycles. The van der Waals surface area contributed by atoms with Gasteiger partial charge in [0.1, 0.15) is 16.8 Å². The molecule has 0 radical (unpaired) electrons. The summed E-state index contributed by atoms with van der Waals surface area (Å²) >= 11 is 0. The average Bonchev–Trinajstić information content (AvgIpc) is 2.51. The molecular weight excluding hydrogens is 270 g/mol. The molecule has 0 atom stereocenters. The molecule has 0 fully saturated rings. The van der Waals surface area contributed by atoms with Gasteiger partial charge >= 0.3 is 0 Å². The van der Waals surface area contributed by atoms with Gasteiger partial charge in [-0.2, -0.15) is 0 Å². The molecule has 7 heteroatoms. The van der Waals surface area contributed by atoms with Gasteiger partial charge in [0.2, 0.25) is 0 Å². The lowest BCUT2D eigenvalue weighted by Crippen LogP contribution is -2.32. The van der Waals surface area contributed by atoms with Gasteiger partial charge in [0.25, 0.3) is 11.5 Å². The standard InChI is InChI=1S/C14H13N5O2/c1-16-13(20)8-7-9-12(18(2)11(8)15)17-10-5-3-4-6-19(10)14(9)21/h3-7,15H,1-2H3,(H,16,20). The number of carbonyl (C=O) groups is 1. The number of nitrogens with zero attached hydrogens (tertiary/aromatic N) is 3. The summed E-state index contributed by atoms with van der Waals surface area (Å²) in [6, 6.07) is 6.66. The van der Waals surface area contributed by atoms with Crippen LogP contribution >= 0.6 is 0 Å². The zero-order chi connectivity index (χ0) is 15.1. The van der Waals surface area contributed by atoms with Crippen molar-refractivity contribution in [2.75, 3.05) is 7.05 Å². The summed E-state index contributed by atoms with van der Waals surface area (Å²) in [6.07, 6.45) is 1.62. The lowest BCUT2D eigenvalue weighted by molar-refractivity contribution is 0.0961. The molecule has 3 rings (SSSR count). The molecule has 0 aromatic carbocycles. The first kappa shape index (κ1) is 13.0. The van der Waals surface area contributed by atoms with Crippen LogP contribution in [-0.2, 0) is 7.05 Å². The van der Waals surface area contributed by atoms with Crippen molar-refractivity contribution in [1.82, 2.24) is 19.3 Å². The van der Waals surface area contributed by atoms with Crippen LogP contribution in [0, 0.1) is 5.41 Å². The minimum Gasteiger partial charge on any atom is -0.355 e. The molecular formula is C14H13N5O2. The predicted molar refractivity (Wildman–Crippen MR) is 77.2 cm³/mol. The highest BCUT2D eigenvalue weighted by Gasteiger charge is 2.14. The number of hydrogen-bond acceptors (Lipinski definition) is 4. The van der Waals surface area contributed by atoms with E-state index >= 15 is 0 Å². The van der Waals surface area contributed by atoms with E-state index in [1.54, 1.807) is 31.4 Å². The lowest BCUT2D eigenvalue weighted by Gasteiger charge is -2.10. The molecule has 7 nitrogen and oxygen atoms in total. The van der Waals surface area contributed by atoms with E-state index in [1.165, 1.54) is 22.1 Å². The Labute approximate surface area is 119 Å². The molecule has 0 aliphatic carbocycles. The highest BCUT2D eigenvalue weighted by molar-refractivity contribution is 5.96. The fraction of sp³-hybridized carbons (Fsp3) is 0.143. The number of pyridine rings is 2. The van der Waals surface area contributed by atoms with Crippen LogP contribution in [0.3, 0.4) is 0 Å². The van der Waals surface area contributed by atoms with Crippen molar-refractivity contribution >= 4 is 22.6 Å². The van der Waals surface area contributed by atoms with Crippen molar-refractivity contribution in [3.05, 3.63) is 51.9 Å². The van der Waals surface area contributed by atoms with E-state index in [9.17, 15) is 9.59 Å². The number of aromatic nitrogens is 3. The molecule has 2 N–H and O–H groups in total. The van der Waals surface area contributed by atoms with Gasteiger partial charge in [-0.1, -0.05) is 6.07 Å². The number of rotatable bonds is 1. The largest absolute Gasteiger partial charge is 0.355 e. The summed E-state index contributed by atoms with van der Waals surface area (Å²) < 4.78 is 2.86. The molecule has 3 aromatic rings. The Morgan fingerprint density at radius 2 is 2.14 bits per heavy atom. The van der Waals surface area contributed by atoms with Crippen LogP contribution in [0.1, 0.15) is 10.4 Å². The SMILES string of the molecule is CNC(=O)c1cc2c(=O)n3ccccc3nc2n(C)c1=N. The van der Waals surface area contributed by atoms with E-state index in [2.05, 4.69) is 10.3 Å². The third-order valence-electron chi connectivity index (χ3n) is 3.42. The molecule has 0 aliphatic heterocycles. The monoisotopic (exact) mass is 283 g/mol. The summed E-state index contributed by atoms with van der Waals surface area (Å²) in [6.45, 7) is 0. The zero-order valence-corrected chi connectivity index (χ0v) is 11.5. The van der Waals surface area contributed by atoms with Crippen LogP contribution in [0.5, 0.6) is 0 Å². The smallest absolute Gasteiger partial charge is 0.267 e. The van der Waals surface area contributed by atoms with Crippen LogP contribution < -0.4 is 16.4 Å². The maximum atomic E-state index is 12.5. The highest BCUT2D eigenvalue weighted by Crippen LogP contribution is 2.08. The van der Waals surface area contributed by atoms with Gasteiger partial charge in [0, 0.05) is 20.3 Å². The molecule has 3 heterocycles. The molecule has 0 bridgehead atoms. The van der Waals surface area contributed by atoms with Crippen molar-refractivity contribution in [1.29, 1.82) is 5.41 Å². The number of fused-ring (bicyclic) bond motifs is 2. The van der Waals surface area contributed by atoms with Crippen molar-refractivity contribution in [2.24, 2.45) is 7.05 Å². The molecule has 0 spiro atoms. The van der Waals surface area contributed by atoms with Gasteiger partial charge < -0.3 is 9.88 Å². The van der Waals surface area contributed by atoms with Gasteiger partial charge in [-0.3, -0.25) is 19.4 Å². The Hall–Kier alpha value is -2.96. The lowest BCUT2D eigenvalue weighted by atomic mass is 10.2. The number of amides is 1. The first-order valence-electron chi connectivity index (χ1n) is 6.32. The van der Waals surface area contributed by atoms with Crippen LogP contribution in [0.4, 0.5) is 0 Å². The third kappa shape index (κ3) is 1.82. The van der Waals surface area contributed by atoms with Gasteiger partial charge in [-0.25, -0.2) is 4.98 Å².